The van der Waals surface area contributed by atoms with Crippen LogP contribution in [0.1, 0.15) is 30.9 Å². The van der Waals surface area contributed by atoms with Crippen molar-refractivity contribution in [2.75, 3.05) is 27.4 Å². The van der Waals surface area contributed by atoms with Crippen molar-refractivity contribution in [3.05, 3.63) is 72.6 Å². The summed E-state index contributed by atoms with van der Waals surface area (Å²) < 4.78 is 24.0. The molecule has 1 aliphatic heterocycles. The van der Waals surface area contributed by atoms with Crippen molar-refractivity contribution in [1.29, 1.82) is 10.5 Å². The second-order valence-electron chi connectivity index (χ2n) is 8.11. The van der Waals surface area contributed by atoms with Gasteiger partial charge in [-0.15, -0.1) is 11.3 Å². The molecule has 38 heavy (non-hydrogen) atoms. The first-order valence-electron chi connectivity index (χ1n) is 11.8. The molecule has 2 N–H and O–H groups in total. The minimum atomic E-state index is -0.772. The van der Waals surface area contributed by atoms with Crippen molar-refractivity contribution in [3.8, 4) is 35.1 Å². The maximum absolute atomic E-state index is 13.5. The second-order valence-corrected chi connectivity index (χ2v) is 9.14. The van der Waals surface area contributed by atoms with E-state index in [1.54, 1.807) is 49.6 Å². The molecule has 0 aliphatic carbocycles. The number of hydrogen-bond donors (Lipinski definition) is 1. The summed E-state index contributed by atoms with van der Waals surface area (Å²) >= 11 is 1.14. The molecule has 2 heterocycles. The SMILES string of the molecule is CCOc1cc(/C=c2\sc3n(c2=O)C(N)=C(C#N)[C@H](c2ccc(OC)c(OCC)c2)C=3C#N)ccc1OC. The number of nitrogens with zero attached hydrogens (tertiary/aromatic N) is 3. The zero-order valence-corrected chi connectivity index (χ0v) is 22.2. The molecule has 3 aromatic rings. The Bertz CT molecular complexity index is 1690. The van der Waals surface area contributed by atoms with Crippen molar-refractivity contribution < 1.29 is 18.9 Å². The van der Waals surface area contributed by atoms with Crippen molar-refractivity contribution in [2.24, 2.45) is 5.73 Å². The Morgan fingerprint density at radius 3 is 2.13 bits per heavy atom. The third-order valence-corrected chi connectivity index (χ3v) is 7.10. The third-order valence-electron chi connectivity index (χ3n) is 6.00. The molecule has 1 aromatic heterocycles. The van der Waals surface area contributed by atoms with Gasteiger partial charge in [0, 0.05) is 0 Å². The topological polar surface area (TPSA) is 133 Å². The maximum atomic E-state index is 13.5. The molecule has 10 heteroatoms. The fourth-order valence-corrected chi connectivity index (χ4v) is 5.46. The van der Waals surface area contributed by atoms with Crippen LogP contribution in [0, 0.1) is 22.7 Å². The number of nitrogens with two attached hydrogens (primary N) is 1. The van der Waals surface area contributed by atoms with Gasteiger partial charge in [-0.05, 0) is 55.3 Å². The summed E-state index contributed by atoms with van der Waals surface area (Å²) in [6, 6.07) is 14.9. The van der Waals surface area contributed by atoms with Crippen molar-refractivity contribution in [2.45, 2.75) is 19.8 Å². The molecule has 0 spiro atoms. The van der Waals surface area contributed by atoms with E-state index >= 15 is 0 Å². The average Bonchev–Trinajstić information content (AvgIpc) is 3.24. The molecule has 0 unspecified atom stereocenters. The van der Waals surface area contributed by atoms with Crippen LogP contribution < -0.4 is 39.4 Å². The van der Waals surface area contributed by atoms with Gasteiger partial charge in [-0.3, -0.25) is 9.36 Å². The summed E-state index contributed by atoms with van der Waals surface area (Å²) in [6.45, 7) is 4.57. The first kappa shape index (κ1) is 26.4. The van der Waals surface area contributed by atoms with Gasteiger partial charge in [0.2, 0.25) is 0 Å². The lowest BCUT2D eigenvalue weighted by molar-refractivity contribution is 0.310. The lowest BCUT2D eigenvalue weighted by Crippen LogP contribution is -2.38. The molecule has 1 atom stereocenters. The third kappa shape index (κ3) is 4.58. The first-order valence-corrected chi connectivity index (χ1v) is 12.6. The van der Waals surface area contributed by atoms with E-state index in [0.717, 1.165) is 11.3 Å². The number of aromatic nitrogens is 1. The predicted octanol–water partition coefficient (Wildman–Crippen LogP) is 2.68. The number of ether oxygens (including phenoxy) is 4. The fourth-order valence-electron chi connectivity index (χ4n) is 4.33. The van der Waals surface area contributed by atoms with Crippen molar-refractivity contribution in [3.63, 3.8) is 0 Å². The van der Waals surface area contributed by atoms with Crippen LogP contribution in [0.3, 0.4) is 0 Å². The molecule has 2 aromatic carbocycles. The highest BCUT2D eigenvalue weighted by molar-refractivity contribution is 7.07. The normalized spacial score (nSPS) is 14.9. The summed E-state index contributed by atoms with van der Waals surface area (Å²) in [5.74, 6) is 1.35. The highest BCUT2D eigenvalue weighted by Crippen LogP contribution is 2.39. The fraction of sp³-hybridized carbons (Fsp3) is 0.250. The monoisotopic (exact) mass is 530 g/mol. The van der Waals surface area contributed by atoms with Crippen LogP contribution in [-0.2, 0) is 0 Å². The molecule has 0 amide bonds. The van der Waals surface area contributed by atoms with Gasteiger partial charge in [0.1, 0.15) is 10.5 Å². The summed E-state index contributed by atoms with van der Waals surface area (Å²) in [5.41, 5.74) is 7.67. The first-order chi connectivity index (χ1) is 18.4. The molecular weight excluding hydrogens is 504 g/mol. The van der Waals surface area contributed by atoms with Gasteiger partial charge in [-0.1, -0.05) is 12.1 Å². The smallest absolute Gasteiger partial charge is 0.274 e. The van der Waals surface area contributed by atoms with Crippen molar-refractivity contribution in [1.82, 2.24) is 4.57 Å². The molecule has 4 rings (SSSR count). The zero-order chi connectivity index (χ0) is 27.4. The molecule has 1 aliphatic rings. The Labute approximate surface area is 223 Å². The van der Waals surface area contributed by atoms with Crippen molar-refractivity contribution >= 4 is 28.8 Å². The van der Waals surface area contributed by atoms with Crippen LogP contribution in [0.15, 0.2) is 46.8 Å². The lowest BCUT2D eigenvalue weighted by Gasteiger charge is -2.23. The van der Waals surface area contributed by atoms with Gasteiger partial charge in [-0.25, -0.2) is 0 Å². The van der Waals surface area contributed by atoms with E-state index in [4.69, 9.17) is 24.7 Å². The lowest BCUT2D eigenvalue weighted by atomic mass is 9.84. The van der Waals surface area contributed by atoms with Crippen LogP contribution >= 0.6 is 11.3 Å². The van der Waals surface area contributed by atoms with Gasteiger partial charge in [0.15, 0.2) is 23.0 Å². The molecule has 194 valence electrons. The Morgan fingerprint density at radius 2 is 1.55 bits per heavy atom. The number of allylic oxidation sites excluding steroid dienone is 1. The molecule has 0 saturated heterocycles. The molecule has 0 radical (unpaired) electrons. The van der Waals surface area contributed by atoms with E-state index in [0.29, 0.717) is 56.5 Å². The number of methoxy groups -OCH3 is 2. The van der Waals surface area contributed by atoms with E-state index in [-0.39, 0.29) is 17.0 Å². The minimum Gasteiger partial charge on any atom is -0.493 e. The Hall–Kier alpha value is -4.67. The molecule has 0 bridgehead atoms. The number of hydrogen-bond acceptors (Lipinski definition) is 9. The number of fused-ring (bicyclic) bond motifs is 1. The molecule has 9 nitrogen and oxygen atoms in total. The Kier molecular flexibility index (Phi) is 7.75. The largest absolute Gasteiger partial charge is 0.493 e. The Balaban J connectivity index is 1.96. The number of rotatable bonds is 8. The van der Waals surface area contributed by atoms with Crippen LogP contribution in [-0.4, -0.2) is 32.0 Å². The predicted molar refractivity (Wildman–Crippen MR) is 145 cm³/mol. The second kappa shape index (κ2) is 11.2. The number of nitriles is 2. The van der Waals surface area contributed by atoms with Crippen LogP contribution in [0.25, 0.3) is 17.5 Å². The van der Waals surface area contributed by atoms with Crippen LogP contribution in [0.4, 0.5) is 0 Å². The van der Waals surface area contributed by atoms with E-state index in [1.807, 2.05) is 13.8 Å². The summed E-state index contributed by atoms with van der Waals surface area (Å²) in [6.07, 6.45) is 1.70. The standard InChI is InChI=1S/C28H26N4O5S/c1-5-36-22-11-16(7-9-20(22)34-3)12-24-27(33)32-26(31)18(14-29)25(19(15-30)28(32)38-24)17-8-10-21(35-4)23(13-17)37-6-2/h7-13,25H,5-6,31H2,1-4H3/b24-12-/t25-/m0/s1. The molecule has 0 fully saturated rings. The summed E-state index contributed by atoms with van der Waals surface area (Å²) in [5, 5.41) is 20.3. The minimum absolute atomic E-state index is 0.00841. The van der Waals surface area contributed by atoms with Gasteiger partial charge < -0.3 is 24.7 Å². The summed E-state index contributed by atoms with van der Waals surface area (Å²) in [7, 11) is 3.09. The Morgan fingerprint density at radius 1 is 0.947 bits per heavy atom. The van der Waals surface area contributed by atoms with E-state index in [9.17, 15) is 15.3 Å². The number of thiazole rings is 1. The van der Waals surface area contributed by atoms with Gasteiger partial charge >= 0.3 is 0 Å². The summed E-state index contributed by atoms with van der Waals surface area (Å²) in [4.78, 5) is 13.5. The van der Waals surface area contributed by atoms with Crippen LogP contribution in [0.5, 0.6) is 23.0 Å². The molecular formula is C28H26N4O5S. The van der Waals surface area contributed by atoms with Crippen LogP contribution in [0.2, 0.25) is 0 Å². The molecule has 0 saturated carbocycles. The average molecular weight is 531 g/mol. The highest BCUT2D eigenvalue weighted by atomic mass is 32.1. The maximum Gasteiger partial charge on any atom is 0.274 e. The van der Waals surface area contributed by atoms with E-state index < -0.39 is 11.5 Å². The highest BCUT2D eigenvalue weighted by Gasteiger charge is 2.32. The quantitative estimate of drug-likeness (QED) is 0.470. The van der Waals surface area contributed by atoms with Gasteiger partial charge in [0.05, 0.1) is 61.2 Å². The van der Waals surface area contributed by atoms with E-state index in [1.165, 1.54) is 11.7 Å². The van der Waals surface area contributed by atoms with Gasteiger partial charge in [0.25, 0.3) is 5.56 Å². The van der Waals surface area contributed by atoms with Gasteiger partial charge in [-0.2, -0.15) is 10.5 Å². The number of benzene rings is 2. The van der Waals surface area contributed by atoms with E-state index in [2.05, 4.69) is 12.1 Å². The zero-order valence-electron chi connectivity index (χ0n) is 21.4.